The molecule has 0 aliphatic carbocycles. The predicted octanol–water partition coefficient (Wildman–Crippen LogP) is 2.20. The lowest BCUT2D eigenvalue weighted by molar-refractivity contribution is 0.171. The molecule has 0 aliphatic heterocycles. The molecule has 0 heterocycles. The van der Waals surface area contributed by atoms with E-state index < -0.39 is 16.1 Å². The molecule has 2 unspecified atom stereocenters. The minimum absolute atomic E-state index is 0.0927. The molecule has 0 amide bonds. The number of hydrogen-bond acceptors (Lipinski definition) is 3. The first-order chi connectivity index (χ1) is 8.78. The lowest BCUT2D eigenvalue weighted by atomic mass is 9.99. The molecule has 108 valence electrons. The van der Waals surface area contributed by atoms with Crippen LogP contribution < -0.4 is 0 Å². The van der Waals surface area contributed by atoms with Gasteiger partial charge in [0.25, 0.3) is 0 Å². The van der Waals surface area contributed by atoms with Crippen molar-refractivity contribution < 1.29 is 13.5 Å². The number of likely N-dealkylation sites (N-methyl/N-ethyl adjacent to an activating group) is 1. The van der Waals surface area contributed by atoms with Gasteiger partial charge in [-0.25, -0.2) is 8.42 Å². The number of sulfonamides is 1. The highest BCUT2D eigenvalue weighted by molar-refractivity contribution is 7.89. The fourth-order valence-electron chi connectivity index (χ4n) is 1.85. The first-order valence-corrected chi connectivity index (χ1v) is 7.97. The highest BCUT2D eigenvalue weighted by Crippen LogP contribution is 2.21. The summed E-state index contributed by atoms with van der Waals surface area (Å²) in [7, 11) is -2.03. The van der Waals surface area contributed by atoms with Gasteiger partial charge in [-0.3, -0.25) is 0 Å². The summed E-state index contributed by atoms with van der Waals surface area (Å²) < 4.78 is 25.6. The average molecular weight is 285 g/mol. The molecule has 0 fully saturated rings. The molecule has 1 rings (SSSR count). The average Bonchev–Trinajstić information content (AvgIpc) is 2.37. The van der Waals surface area contributed by atoms with E-state index >= 15 is 0 Å². The standard InChI is InChI=1S/C14H23NO3S/c1-5-11(2)13-6-8-14(9-7-13)19(17,18)15(4)10-12(3)16/h6-9,11-12,16H,5,10H2,1-4H3. The van der Waals surface area contributed by atoms with Crippen molar-refractivity contribution in [3.05, 3.63) is 29.8 Å². The Morgan fingerprint density at radius 1 is 1.21 bits per heavy atom. The van der Waals surface area contributed by atoms with Gasteiger partial charge in [0, 0.05) is 13.6 Å². The smallest absolute Gasteiger partial charge is 0.242 e. The van der Waals surface area contributed by atoms with Crippen LogP contribution in [0.1, 0.15) is 38.7 Å². The molecule has 0 saturated heterocycles. The predicted molar refractivity (Wildman–Crippen MR) is 76.6 cm³/mol. The molecule has 4 nitrogen and oxygen atoms in total. The third-order valence-corrected chi connectivity index (χ3v) is 5.13. The normalized spacial score (nSPS) is 15.5. The summed E-state index contributed by atoms with van der Waals surface area (Å²) in [5, 5.41) is 9.28. The van der Waals surface area contributed by atoms with Crippen LogP contribution in [-0.4, -0.2) is 37.5 Å². The van der Waals surface area contributed by atoms with Gasteiger partial charge < -0.3 is 5.11 Å². The van der Waals surface area contributed by atoms with Crippen LogP contribution in [0.4, 0.5) is 0 Å². The lowest BCUT2D eigenvalue weighted by Crippen LogP contribution is -2.33. The first kappa shape index (κ1) is 16.1. The molecule has 5 heteroatoms. The van der Waals surface area contributed by atoms with E-state index in [1.54, 1.807) is 19.1 Å². The zero-order chi connectivity index (χ0) is 14.6. The van der Waals surface area contributed by atoms with Crippen molar-refractivity contribution in [2.24, 2.45) is 0 Å². The maximum Gasteiger partial charge on any atom is 0.242 e. The van der Waals surface area contributed by atoms with E-state index in [-0.39, 0.29) is 11.4 Å². The number of nitrogens with zero attached hydrogens (tertiary/aromatic N) is 1. The van der Waals surface area contributed by atoms with Crippen LogP contribution in [0.3, 0.4) is 0 Å². The van der Waals surface area contributed by atoms with Crippen molar-refractivity contribution in [3.8, 4) is 0 Å². The second kappa shape index (κ2) is 6.50. The molecule has 0 aromatic heterocycles. The first-order valence-electron chi connectivity index (χ1n) is 6.53. The highest BCUT2D eigenvalue weighted by Gasteiger charge is 2.21. The molecule has 2 atom stereocenters. The molecule has 1 N–H and O–H groups in total. The molecular formula is C14H23NO3S. The molecule has 0 saturated carbocycles. The van der Waals surface area contributed by atoms with Gasteiger partial charge in [0.2, 0.25) is 10.0 Å². The van der Waals surface area contributed by atoms with Crippen molar-refractivity contribution in [1.82, 2.24) is 4.31 Å². The van der Waals surface area contributed by atoms with Crippen LogP contribution in [-0.2, 0) is 10.0 Å². The summed E-state index contributed by atoms with van der Waals surface area (Å²) in [6.45, 7) is 5.88. The van der Waals surface area contributed by atoms with Crippen LogP contribution in [0.15, 0.2) is 29.2 Å². The Kier molecular flexibility index (Phi) is 5.52. The van der Waals surface area contributed by atoms with E-state index in [0.717, 1.165) is 12.0 Å². The summed E-state index contributed by atoms with van der Waals surface area (Å²) in [5.74, 6) is 0.423. The third-order valence-electron chi connectivity index (χ3n) is 3.29. The third kappa shape index (κ3) is 4.03. The number of benzene rings is 1. The SMILES string of the molecule is CCC(C)c1ccc(S(=O)(=O)N(C)CC(C)O)cc1. The van der Waals surface area contributed by atoms with Crippen LogP contribution in [0.5, 0.6) is 0 Å². The Bertz CT molecular complexity index is 494. The molecule has 19 heavy (non-hydrogen) atoms. The Hall–Kier alpha value is -0.910. The maximum absolute atomic E-state index is 12.2. The van der Waals surface area contributed by atoms with E-state index in [0.29, 0.717) is 5.92 Å². The van der Waals surface area contributed by atoms with Crippen molar-refractivity contribution in [1.29, 1.82) is 0 Å². The quantitative estimate of drug-likeness (QED) is 0.871. The Morgan fingerprint density at radius 3 is 2.16 bits per heavy atom. The zero-order valence-electron chi connectivity index (χ0n) is 12.0. The number of rotatable bonds is 6. The van der Waals surface area contributed by atoms with Crippen LogP contribution >= 0.6 is 0 Å². The Balaban J connectivity index is 2.96. The molecule has 0 radical (unpaired) electrons. The van der Waals surface area contributed by atoms with E-state index in [1.807, 2.05) is 12.1 Å². The topological polar surface area (TPSA) is 57.6 Å². The lowest BCUT2D eigenvalue weighted by Gasteiger charge is -2.19. The van der Waals surface area contributed by atoms with Crippen LogP contribution in [0.2, 0.25) is 0 Å². The zero-order valence-corrected chi connectivity index (χ0v) is 12.8. The van der Waals surface area contributed by atoms with Gasteiger partial charge in [-0.2, -0.15) is 4.31 Å². The fraction of sp³-hybridized carbons (Fsp3) is 0.571. The van der Waals surface area contributed by atoms with Gasteiger partial charge in [0.05, 0.1) is 11.0 Å². The van der Waals surface area contributed by atoms with E-state index in [2.05, 4.69) is 13.8 Å². The summed E-state index contributed by atoms with van der Waals surface area (Å²) >= 11 is 0. The Morgan fingerprint density at radius 2 is 1.74 bits per heavy atom. The van der Waals surface area contributed by atoms with Crippen LogP contribution in [0, 0.1) is 0 Å². The van der Waals surface area contributed by atoms with E-state index in [9.17, 15) is 13.5 Å². The van der Waals surface area contributed by atoms with Crippen molar-refractivity contribution >= 4 is 10.0 Å². The van der Waals surface area contributed by atoms with E-state index in [1.165, 1.54) is 11.4 Å². The minimum atomic E-state index is -3.51. The second-order valence-electron chi connectivity index (χ2n) is 5.01. The Labute approximate surface area is 116 Å². The fourth-order valence-corrected chi connectivity index (χ4v) is 3.11. The van der Waals surface area contributed by atoms with Gasteiger partial charge in [0.1, 0.15) is 0 Å². The minimum Gasteiger partial charge on any atom is -0.392 e. The van der Waals surface area contributed by atoms with Gasteiger partial charge >= 0.3 is 0 Å². The number of hydrogen-bond donors (Lipinski definition) is 1. The van der Waals surface area contributed by atoms with Crippen molar-refractivity contribution in [2.75, 3.05) is 13.6 Å². The number of aliphatic hydroxyl groups is 1. The molecule has 1 aromatic carbocycles. The van der Waals surface area contributed by atoms with Gasteiger partial charge in [-0.05, 0) is 37.0 Å². The molecular weight excluding hydrogens is 262 g/mol. The van der Waals surface area contributed by atoms with E-state index in [4.69, 9.17) is 0 Å². The molecule has 0 spiro atoms. The molecule has 1 aromatic rings. The summed E-state index contributed by atoms with van der Waals surface area (Å²) in [6, 6.07) is 6.99. The highest BCUT2D eigenvalue weighted by atomic mass is 32.2. The van der Waals surface area contributed by atoms with Gasteiger partial charge in [0.15, 0.2) is 0 Å². The summed E-state index contributed by atoms with van der Waals surface area (Å²) in [6.07, 6.45) is 0.341. The second-order valence-corrected chi connectivity index (χ2v) is 7.06. The monoisotopic (exact) mass is 285 g/mol. The van der Waals surface area contributed by atoms with Crippen molar-refractivity contribution in [3.63, 3.8) is 0 Å². The van der Waals surface area contributed by atoms with Crippen LogP contribution in [0.25, 0.3) is 0 Å². The van der Waals surface area contributed by atoms with Gasteiger partial charge in [-0.1, -0.05) is 26.0 Å². The maximum atomic E-state index is 12.2. The largest absolute Gasteiger partial charge is 0.392 e. The summed E-state index contributed by atoms with van der Waals surface area (Å²) in [5.41, 5.74) is 1.14. The number of aliphatic hydroxyl groups excluding tert-OH is 1. The van der Waals surface area contributed by atoms with Gasteiger partial charge in [-0.15, -0.1) is 0 Å². The molecule has 0 aliphatic rings. The summed E-state index contributed by atoms with van der Waals surface area (Å²) in [4.78, 5) is 0.266. The van der Waals surface area contributed by atoms with Crippen molar-refractivity contribution in [2.45, 2.75) is 44.1 Å². The molecule has 0 bridgehead atoms.